The average Bonchev–Trinajstić information content (AvgIpc) is 2.69. The molecule has 1 unspecified atom stereocenters. The van der Waals surface area contributed by atoms with E-state index in [0.717, 1.165) is 56.8 Å². The van der Waals surface area contributed by atoms with Gasteiger partial charge in [0.15, 0.2) is 0 Å². The highest BCUT2D eigenvalue weighted by Crippen LogP contribution is 2.39. The van der Waals surface area contributed by atoms with Gasteiger partial charge in [0.05, 0.1) is 11.2 Å². The Kier molecular flexibility index (Phi) is 5.44. The summed E-state index contributed by atoms with van der Waals surface area (Å²) in [7, 11) is 0. The zero-order valence-electron chi connectivity index (χ0n) is 15.7. The van der Waals surface area contributed by atoms with E-state index in [4.69, 9.17) is 4.74 Å². The molecule has 0 bridgehead atoms. The zero-order valence-corrected chi connectivity index (χ0v) is 15.7. The van der Waals surface area contributed by atoms with E-state index in [2.05, 4.69) is 10.3 Å². The Balaban J connectivity index is 1.47. The number of hydrogen-bond donors (Lipinski definition) is 1. The Hall–Kier alpha value is -1.62. The minimum absolute atomic E-state index is 0.0555. The fraction of sp³-hybridized carbons (Fsp3) is 0.714. The zero-order chi connectivity index (χ0) is 17.8. The fourth-order valence-electron chi connectivity index (χ4n) is 4.85. The van der Waals surface area contributed by atoms with Gasteiger partial charge in [-0.1, -0.05) is 19.3 Å². The second-order valence-corrected chi connectivity index (χ2v) is 8.18. The number of nitrogens with zero attached hydrogens (tertiary/aromatic N) is 2. The maximum atomic E-state index is 13.0. The number of likely N-dealkylation sites (tertiary alicyclic amines) is 1. The van der Waals surface area contributed by atoms with Crippen molar-refractivity contribution in [1.29, 1.82) is 0 Å². The van der Waals surface area contributed by atoms with Crippen molar-refractivity contribution in [3.05, 3.63) is 23.9 Å². The first-order valence-electron chi connectivity index (χ1n) is 10.4. The van der Waals surface area contributed by atoms with Gasteiger partial charge in [0.2, 0.25) is 0 Å². The topological polar surface area (TPSA) is 54.5 Å². The molecule has 4 rings (SSSR count). The molecule has 1 N–H and O–H groups in total. The standard InChI is InChI=1S/C21H31N3O2/c25-20(24-13-5-2-6-14-24)18-8-7-12-22-19(18)23-17-9-15-26-21(16-17)10-3-1-4-11-21/h7-8,12,17H,1-6,9-11,13-16H2,(H,22,23). The fourth-order valence-corrected chi connectivity index (χ4v) is 4.85. The Morgan fingerprint density at radius 3 is 2.73 bits per heavy atom. The summed E-state index contributed by atoms with van der Waals surface area (Å²) in [5.74, 6) is 0.876. The molecule has 1 saturated carbocycles. The van der Waals surface area contributed by atoms with Crippen LogP contribution in [0.5, 0.6) is 0 Å². The first-order valence-corrected chi connectivity index (χ1v) is 10.4. The van der Waals surface area contributed by atoms with Crippen molar-refractivity contribution in [3.63, 3.8) is 0 Å². The van der Waals surface area contributed by atoms with Crippen LogP contribution in [0.4, 0.5) is 5.82 Å². The van der Waals surface area contributed by atoms with Crippen molar-refractivity contribution in [2.75, 3.05) is 25.0 Å². The Morgan fingerprint density at radius 2 is 1.92 bits per heavy atom. The molecule has 5 heteroatoms. The largest absolute Gasteiger partial charge is 0.375 e. The molecule has 1 aliphatic carbocycles. The minimum atomic E-state index is 0.0555. The molecule has 3 fully saturated rings. The predicted molar refractivity (Wildman–Crippen MR) is 102 cm³/mol. The van der Waals surface area contributed by atoms with Crippen LogP contribution in [0.2, 0.25) is 0 Å². The summed E-state index contributed by atoms with van der Waals surface area (Å²) in [6.45, 7) is 2.54. The van der Waals surface area contributed by atoms with Gasteiger partial charge in [-0.3, -0.25) is 4.79 Å². The van der Waals surface area contributed by atoms with Crippen molar-refractivity contribution < 1.29 is 9.53 Å². The number of aromatic nitrogens is 1. The van der Waals surface area contributed by atoms with Crippen LogP contribution >= 0.6 is 0 Å². The lowest BCUT2D eigenvalue weighted by molar-refractivity contribution is -0.103. The number of pyridine rings is 1. The molecule has 3 aliphatic rings. The van der Waals surface area contributed by atoms with Gasteiger partial charge in [-0.25, -0.2) is 4.98 Å². The second kappa shape index (κ2) is 7.95. The van der Waals surface area contributed by atoms with E-state index in [-0.39, 0.29) is 11.5 Å². The number of carbonyl (C=O) groups excluding carboxylic acids is 1. The molecular formula is C21H31N3O2. The van der Waals surface area contributed by atoms with Crippen molar-refractivity contribution >= 4 is 11.7 Å². The number of anilines is 1. The van der Waals surface area contributed by atoms with Crippen LogP contribution in [-0.2, 0) is 4.74 Å². The number of piperidine rings is 1. The quantitative estimate of drug-likeness (QED) is 0.888. The van der Waals surface area contributed by atoms with Gasteiger partial charge in [-0.2, -0.15) is 0 Å². The highest BCUT2D eigenvalue weighted by atomic mass is 16.5. The molecule has 0 radical (unpaired) electrons. The summed E-state index contributed by atoms with van der Waals surface area (Å²) < 4.78 is 6.21. The molecule has 5 nitrogen and oxygen atoms in total. The smallest absolute Gasteiger partial charge is 0.257 e. The average molecular weight is 357 g/mol. The van der Waals surface area contributed by atoms with Crippen LogP contribution in [0.25, 0.3) is 0 Å². The maximum absolute atomic E-state index is 13.0. The molecule has 2 saturated heterocycles. The van der Waals surface area contributed by atoms with Crippen LogP contribution in [0.1, 0.15) is 74.6 Å². The van der Waals surface area contributed by atoms with Gasteiger partial charge < -0.3 is 15.0 Å². The van der Waals surface area contributed by atoms with Crippen LogP contribution in [0, 0.1) is 0 Å². The van der Waals surface area contributed by atoms with Crippen LogP contribution < -0.4 is 5.32 Å². The highest BCUT2D eigenvalue weighted by molar-refractivity contribution is 5.98. The molecule has 142 valence electrons. The Bertz CT molecular complexity index is 616. The molecule has 1 spiro atoms. The molecule has 3 heterocycles. The van der Waals surface area contributed by atoms with Gasteiger partial charge >= 0.3 is 0 Å². The SMILES string of the molecule is O=C(c1cccnc1NC1CCOC2(CCCCC2)C1)N1CCCCC1. The van der Waals surface area contributed by atoms with Crippen molar-refractivity contribution in [2.45, 2.75) is 75.9 Å². The first kappa shape index (κ1) is 17.8. The molecule has 0 aromatic carbocycles. The van der Waals surface area contributed by atoms with E-state index in [9.17, 15) is 4.79 Å². The lowest BCUT2D eigenvalue weighted by atomic mass is 9.78. The summed E-state index contributed by atoms with van der Waals surface area (Å²) in [5, 5.41) is 3.60. The molecule has 1 aromatic heterocycles. The van der Waals surface area contributed by atoms with E-state index in [1.165, 1.54) is 38.5 Å². The van der Waals surface area contributed by atoms with E-state index < -0.39 is 0 Å². The van der Waals surface area contributed by atoms with Crippen molar-refractivity contribution in [1.82, 2.24) is 9.88 Å². The lowest BCUT2D eigenvalue weighted by Gasteiger charge is -2.43. The van der Waals surface area contributed by atoms with Crippen LogP contribution in [-0.4, -0.2) is 47.1 Å². The molecule has 2 aliphatic heterocycles. The van der Waals surface area contributed by atoms with E-state index in [1.807, 2.05) is 17.0 Å². The number of amides is 1. The van der Waals surface area contributed by atoms with Gasteiger partial charge in [0.25, 0.3) is 5.91 Å². The summed E-state index contributed by atoms with van der Waals surface area (Å²) in [4.78, 5) is 19.5. The van der Waals surface area contributed by atoms with Crippen molar-refractivity contribution in [2.24, 2.45) is 0 Å². The monoisotopic (exact) mass is 357 g/mol. The predicted octanol–water partition coefficient (Wildman–Crippen LogP) is 4.00. The van der Waals surface area contributed by atoms with E-state index >= 15 is 0 Å². The third-order valence-corrected chi connectivity index (χ3v) is 6.28. The number of ether oxygens (including phenoxy) is 1. The number of rotatable bonds is 3. The minimum Gasteiger partial charge on any atom is -0.375 e. The molecule has 1 amide bonds. The number of nitrogens with one attached hydrogen (secondary N) is 1. The van der Waals surface area contributed by atoms with Gasteiger partial charge in [0, 0.05) is 31.9 Å². The Labute approximate surface area is 156 Å². The first-order chi connectivity index (χ1) is 12.8. The van der Waals surface area contributed by atoms with Gasteiger partial charge in [-0.15, -0.1) is 0 Å². The van der Waals surface area contributed by atoms with Gasteiger partial charge in [0.1, 0.15) is 5.82 Å². The summed E-state index contributed by atoms with van der Waals surface area (Å²) in [6, 6.07) is 4.13. The molecule has 1 atom stereocenters. The molecule has 26 heavy (non-hydrogen) atoms. The van der Waals surface area contributed by atoms with E-state index in [0.29, 0.717) is 6.04 Å². The highest BCUT2D eigenvalue weighted by Gasteiger charge is 2.38. The normalized spacial score (nSPS) is 25.8. The third kappa shape index (κ3) is 3.88. The second-order valence-electron chi connectivity index (χ2n) is 8.18. The lowest BCUT2D eigenvalue weighted by Crippen LogP contribution is -2.46. The van der Waals surface area contributed by atoms with Gasteiger partial charge in [-0.05, 0) is 57.1 Å². The van der Waals surface area contributed by atoms with Crippen LogP contribution in [0.3, 0.4) is 0 Å². The van der Waals surface area contributed by atoms with Crippen molar-refractivity contribution in [3.8, 4) is 0 Å². The summed E-state index contributed by atoms with van der Waals surface area (Å²) in [6.07, 6.45) is 13.5. The Morgan fingerprint density at radius 1 is 1.15 bits per heavy atom. The third-order valence-electron chi connectivity index (χ3n) is 6.28. The summed E-state index contributed by atoms with van der Waals surface area (Å²) >= 11 is 0. The maximum Gasteiger partial charge on any atom is 0.257 e. The summed E-state index contributed by atoms with van der Waals surface area (Å²) in [5.41, 5.74) is 0.776. The van der Waals surface area contributed by atoms with E-state index in [1.54, 1.807) is 6.20 Å². The number of carbonyl (C=O) groups is 1. The van der Waals surface area contributed by atoms with Crippen LogP contribution in [0.15, 0.2) is 18.3 Å². The molecular weight excluding hydrogens is 326 g/mol. The molecule has 1 aromatic rings. The number of hydrogen-bond acceptors (Lipinski definition) is 4.